The Morgan fingerprint density at radius 3 is 2.76 bits per heavy atom. The summed E-state index contributed by atoms with van der Waals surface area (Å²) in [5, 5.41) is 2.86. The number of hydrogen-bond acceptors (Lipinski definition) is 4. The molecule has 0 aliphatic carbocycles. The molecular formula is C19H21N3O3. The van der Waals surface area contributed by atoms with Crippen molar-refractivity contribution in [3.8, 4) is 5.75 Å². The lowest BCUT2D eigenvalue weighted by atomic mass is 10.1. The molecule has 0 spiro atoms. The van der Waals surface area contributed by atoms with Gasteiger partial charge >= 0.3 is 0 Å². The lowest BCUT2D eigenvalue weighted by Gasteiger charge is -2.25. The molecule has 1 atom stereocenters. The minimum Gasteiger partial charge on any atom is -0.493 e. The van der Waals surface area contributed by atoms with Crippen LogP contribution in [0, 0.1) is 0 Å². The molecule has 1 aromatic carbocycles. The van der Waals surface area contributed by atoms with Gasteiger partial charge in [-0.25, -0.2) is 0 Å². The number of pyridine rings is 1. The molecule has 1 aliphatic heterocycles. The zero-order chi connectivity index (χ0) is 17.6. The van der Waals surface area contributed by atoms with Gasteiger partial charge in [0.2, 0.25) is 5.91 Å². The van der Waals surface area contributed by atoms with Crippen LogP contribution in [0.4, 0.5) is 5.69 Å². The summed E-state index contributed by atoms with van der Waals surface area (Å²) in [4.78, 5) is 31.1. The minimum atomic E-state index is -0.477. The molecule has 2 amide bonds. The number of hydrogen-bond donors (Lipinski definition) is 1. The first-order valence-electron chi connectivity index (χ1n) is 8.44. The fourth-order valence-electron chi connectivity index (χ4n) is 3.02. The third-order valence-corrected chi connectivity index (χ3v) is 4.18. The molecule has 130 valence electrons. The van der Waals surface area contributed by atoms with E-state index in [4.69, 9.17) is 4.74 Å². The summed E-state index contributed by atoms with van der Waals surface area (Å²) in [5.41, 5.74) is 1.17. The number of benzene rings is 1. The maximum absolute atomic E-state index is 13.0. The van der Waals surface area contributed by atoms with Crippen LogP contribution in [0.25, 0.3) is 0 Å². The maximum atomic E-state index is 13.0. The van der Waals surface area contributed by atoms with Crippen LogP contribution in [0.5, 0.6) is 5.75 Å². The van der Waals surface area contributed by atoms with Gasteiger partial charge in [-0.3, -0.25) is 14.6 Å². The molecule has 1 fully saturated rings. The highest BCUT2D eigenvalue weighted by atomic mass is 16.5. The highest BCUT2D eigenvalue weighted by Crippen LogP contribution is 2.26. The van der Waals surface area contributed by atoms with E-state index in [0.29, 0.717) is 36.6 Å². The lowest BCUT2D eigenvalue weighted by molar-refractivity contribution is -0.119. The van der Waals surface area contributed by atoms with E-state index in [1.54, 1.807) is 47.6 Å². The molecule has 1 saturated heterocycles. The normalized spacial score (nSPS) is 16.5. The lowest BCUT2D eigenvalue weighted by Crippen LogP contribution is -2.43. The number of amides is 2. The Hall–Kier alpha value is -2.89. The summed E-state index contributed by atoms with van der Waals surface area (Å²) in [6, 6.07) is 10.1. The predicted octanol–water partition coefficient (Wildman–Crippen LogP) is 2.72. The molecule has 0 saturated carbocycles. The zero-order valence-electron chi connectivity index (χ0n) is 14.1. The van der Waals surface area contributed by atoms with E-state index in [1.165, 1.54) is 0 Å². The number of carbonyl (C=O) groups excluding carboxylic acids is 2. The second-order valence-electron chi connectivity index (χ2n) is 5.81. The largest absolute Gasteiger partial charge is 0.493 e. The first-order chi connectivity index (χ1) is 12.2. The van der Waals surface area contributed by atoms with Crippen LogP contribution >= 0.6 is 0 Å². The van der Waals surface area contributed by atoms with Crippen LogP contribution in [0.3, 0.4) is 0 Å². The van der Waals surface area contributed by atoms with Gasteiger partial charge in [-0.2, -0.15) is 0 Å². The molecule has 6 nitrogen and oxygen atoms in total. The van der Waals surface area contributed by atoms with Gasteiger partial charge < -0.3 is 15.0 Å². The summed E-state index contributed by atoms with van der Waals surface area (Å²) in [6.45, 7) is 2.92. The fraction of sp³-hybridized carbons (Fsp3) is 0.316. The van der Waals surface area contributed by atoms with Crippen LogP contribution in [0.15, 0.2) is 48.8 Å². The van der Waals surface area contributed by atoms with E-state index in [0.717, 1.165) is 6.42 Å². The highest BCUT2D eigenvalue weighted by molar-refractivity contribution is 6.02. The van der Waals surface area contributed by atoms with Gasteiger partial charge in [-0.1, -0.05) is 12.1 Å². The van der Waals surface area contributed by atoms with Gasteiger partial charge in [-0.15, -0.1) is 0 Å². The number of nitrogens with zero attached hydrogens (tertiary/aromatic N) is 2. The van der Waals surface area contributed by atoms with Crippen molar-refractivity contribution >= 4 is 17.5 Å². The van der Waals surface area contributed by atoms with Crippen molar-refractivity contribution in [2.45, 2.75) is 25.8 Å². The van der Waals surface area contributed by atoms with Crippen molar-refractivity contribution in [3.05, 3.63) is 54.4 Å². The molecule has 0 unspecified atom stereocenters. The molecule has 0 bridgehead atoms. The van der Waals surface area contributed by atoms with E-state index >= 15 is 0 Å². The van der Waals surface area contributed by atoms with Crippen molar-refractivity contribution in [3.63, 3.8) is 0 Å². The molecule has 25 heavy (non-hydrogen) atoms. The summed E-state index contributed by atoms with van der Waals surface area (Å²) in [7, 11) is 0. The van der Waals surface area contributed by atoms with Crippen molar-refractivity contribution in [2.75, 3.05) is 18.5 Å². The molecule has 1 aromatic heterocycles. The topological polar surface area (TPSA) is 71.5 Å². The van der Waals surface area contributed by atoms with Crippen LogP contribution in [-0.4, -0.2) is 40.9 Å². The van der Waals surface area contributed by atoms with E-state index in [2.05, 4.69) is 10.3 Å². The fourth-order valence-corrected chi connectivity index (χ4v) is 3.02. The molecule has 2 aromatic rings. The summed E-state index contributed by atoms with van der Waals surface area (Å²) in [6.07, 6.45) is 4.69. The highest BCUT2D eigenvalue weighted by Gasteiger charge is 2.35. The Morgan fingerprint density at radius 2 is 2.00 bits per heavy atom. The molecule has 2 heterocycles. The smallest absolute Gasteiger partial charge is 0.258 e. The summed E-state index contributed by atoms with van der Waals surface area (Å²) >= 11 is 0. The van der Waals surface area contributed by atoms with Crippen molar-refractivity contribution in [2.24, 2.45) is 0 Å². The van der Waals surface area contributed by atoms with Crippen molar-refractivity contribution in [1.29, 1.82) is 0 Å². The number of aromatic nitrogens is 1. The van der Waals surface area contributed by atoms with Crippen molar-refractivity contribution < 1.29 is 14.3 Å². The van der Waals surface area contributed by atoms with Crippen LogP contribution in [0.1, 0.15) is 30.1 Å². The number of para-hydroxylation sites is 1. The third-order valence-electron chi connectivity index (χ3n) is 4.18. The average Bonchev–Trinajstić information content (AvgIpc) is 3.13. The molecule has 1 N–H and O–H groups in total. The Labute approximate surface area is 146 Å². The first-order valence-corrected chi connectivity index (χ1v) is 8.44. The number of ether oxygens (including phenoxy) is 1. The standard InChI is InChI=1S/C19H21N3O3/c1-2-25-17-8-4-3-6-15(17)19(24)22-13-5-7-16(22)18(23)21-14-9-11-20-12-10-14/h3-4,6,8-12,16H,2,5,7,13H2,1H3,(H,20,21,23)/t16-/m1/s1. The van der Waals surface area contributed by atoms with E-state index in [1.807, 2.05) is 13.0 Å². The van der Waals surface area contributed by atoms with E-state index in [9.17, 15) is 9.59 Å². The molecule has 0 radical (unpaired) electrons. The van der Waals surface area contributed by atoms with Gasteiger partial charge in [-0.05, 0) is 44.0 Å². The SMILES string of the molecule is CCOc1ccccc1C(=O)N1CCC[C@@H]1C(=O)Nc1ccncc1. The number of nitrogens with one attached hydrogen (secondary N) is 1. The third kappa shape index (κ3) is 3.79. The van der Waals surface area contributed by atoms with Gasteiger partial charge in [0, 0.05) is 24.6 Å². The average molecular weight is 339 g/mol. The van der Waals surface area contributed by atoms with Crippen LogP contribution < -0.4 is 10.1 Å². The van der Waals surface area contributed by atoms with Crippen LogP contribution in [-0.2, 0) is 4.79 Å². The second kappa shape index (κ2) is 7.79. The summed E-state index contributed by atoms with van der Waals surface area (Å²) < 4.78 is 5.55. The Morgan fingerprint density at radius 1 is 1.24 bits per heavy atom. The monoisotopic (exact) mass is 339 g/mol. The van der Waals surface area contributed by atoms with Gasteiger partial charge in [0.05, 0.1) is 12.2 Å². The number of rotatable bonds is 5. The number of carbonyl (C=O) groups is 2. The predicted molar refractivity (Wildman–Crippen MR) is 94.5 cm³/mol. The van der Waals surface area contributed by atoms with Crippen molar-refractivity contribution in [1.82, 2.24) is 9.88 Å². The van der Waals surface area contributed by atoms with Gasteiger partial charge in [0.1, 0.15) is 11.8 Å². The Bertz CT molecular complexity index is 749. The number of anilines is 1. The van der Waals surface area contributed by atoms with E-state index in [-0.39, 0.29) is 11.8 Å². The Balaban J connectivity index is 1.77. The molecule has 3 rings (SSSR count). The van der Waals surface area contributed by atoms with E-state index < -0.39 is 6.04 Å². The second-order valence-corrected chi connectivity index (χ2v) is 5.81. The molecule has 6 heteroatoms. The van der Waals surface area contributed by atoms with Gasteiger partial charge in [0.15, 0.2) is 0 Å². The Kier molecular flexibility index (Phi) is 5.28. The van der Waals surface area contributed by atoms with Gasteiger partial charge in [0.25, 0.3) is 5.91 Å². The zero-order valence-corrected chi connectivity index (χ0v) is 14.1. The number of likely N-dealkylation sites (tertiary alicyclic amines) is 1. The quantitative estimate of drug-likeness (QED) is 0.909. The maximum Gasteiger partial charge on any atom is 0.258 e. The minimum absolute atomic E-state index is 0.170. The van der Waals surface area contributed by atoms with Crippen LogP contribution in [0.2, 0.25) is 0 Å². The molecule has 1 aliphatic rings. The first kappa shape index (κ1) is 17.0. The molecular weight excluding hydrogens is 318 g/mol. The summed E-state index contributed by atoms with van der Waals surface area (Å²) in [5.74, 6) is 0.206.